The van der Waals surface area contributed by atoms with Crippen LogP contribution in [0.5, 0.6) is 0 Å². The van der Waals surface area contributed by atoms with Gasteiger partial charge in [0, 0.05) is 17.1 Å². The summed E-state index contributed by atoms with van der Waals surface area (Å²) in [6.07, 6.45) is -4.41. The lowest BCUT2D eigenvalue weighted by atomic mass is 10.1. The Labute approximate surface area is 118 Å². The van der Waals surface area contributed by atoms with E-state index in [9.17, 15) is 18.0 Å². The van der Waals surface area contributed by atoms with Gasteiger partial charge < -0.3 is 16.8 Å². The van der Waals surface area contributed by atoms with Gasteiger partial charge >= 0.3 is 6.18 Å². The van der Waals surface area contributed by atoms with E-state index in [1.54, 1.807) is 0 Å². The van der Waals surface area contributed by atoms with Crippen molar-refractivity contribution in [2.75, 3.05) is 16.8 Å². The SMILES string of the molecule is Nc1ccc(C(=O)Nc2ccc(C(F)(F)F)cc2)c(N)c1. The van der Waals surface area contributed by atoms with Gasteiger partial charge in [0.25, 0.3) is 5.91 Å². The van der Waals surface area contributed by atoms with Crippen LogP contribution in [0.4, 0.5) is 30.2 Å². The van der Waals surface area contributed by atoms with Crippen LogP contribution in [0.25, 0.3) is 0 Å². The van der Waals surface area contributed by atoms with Gasteiger partial charge in [-0.1, -0.05) is 0 Å². The Morgan fingerprint density at radius 1 is 1.00 bits per heavy atom. The van der Waals surface area contributed by atoms with Crippen LogP contribution in [-0.2, 0) is 6.18 Å². The molecule has 0 aromatic heterocycles. The number of nitrogens with two attached hydrogens (primary N) is 2. The lowest BCUT2D eigenvalue weighted by Crippen LogP contribution is -2.14. The summed E-state index contributed by atoms with van der Waals surface area (Å²) in [5, 5.41) is 2.47. The number of carbonyl (C=O) groups is 1. The summed E-state index contributed by atoms with van der Waals surface area (Å²) >= 11 is 0. The van der Waals surface area contributed by atoms with Crippen LogP contribution < -0.4 is 16.8 Å². The first-order valence-corrected chi connectivity index (χ1v) is 5.91. The summed E-state index contributed by atoms with van der Waals surface area (Å²) in [4.78, 5) is 12.0. The summed E-state index contributed by atoms with van der Waals surface area (Å²) in [6.45, 7) is 0. The van der Waals surface area contributed by atoms with E-state index in [4.69, 9.17) is 11.5 Å². The number of alkyl halides is 3. The molecule has 0 aliphatic carbocycles. The van der Waals surface area contributed by atoms with Crippen LogP contribution in [0.2, 0.25) is 0 Å². The second-order valence-electron chi connectivity index (χ2n) is 4.38. The average molecular weight is 295 g/mol. The second-order valence-corrected chi connectivity index (χ2v) is 4.38. The molecule has 110 valence electrons. The van der Waals surface area contributed by atoms with Gasteiger partial charge in [0.2, 0.25) is 0 Å². The van der Waals surface area contributed by atoms with Gasteiger partial charge in [-0.05, 0) is 42.5 Å². The van der Waals surface area contributed by atoms with E-state index in [2.05, 4.69) is 5.32 Å². The minimum Gasteiger partial charge on any atom is -0.399 e. The number of halogens is 3. The van der Waals surface area contributed by atoms with Crippen LogP contribution in [0.15, 0.2) is 42.5 Å². The fraction of sp³-hybridized carbons (Fsp3) is 0.0714. The molecule has 0 atom stereocenters. The van der Waals surface area contributed by atoms with Crippen LogP contribution in [0.1, 0.15) is 15.9 Å². The lowest BCUT2D eigenvalue weighted by molar-refractivity contribution is -0.137. The van der Waals surface area contributed by atoms with E-state index < -0.39 is 17.6 Å². The van der Waals surface area contributed by atoms with Crippen molar-refractivity contribution in [2.24, 2.45) is 0 Å². The van der Waals surface area contributed by atoms with Crippen molar-refractivity contribution in [2.45, 2.75) is 6.18 Å². The Hall–Kier alpha value is -2.70. The first-order chi connectivity index (χ1) is 9.77. The maximum Gasteiger partial charge on any atom is 0.416 e. The number of benzene rings is 2. The Kier molecular flexibility index (Phi) is 3.75. The predicted molar refractivity (Wildman–Crippen MR) is 74.7 cm³/mol. The zero-order valence-electron chi connectivity index (χ0n) is 10.7. The maximum atomic E-state index is 12.4. The van der Waals surface area contributed by atoms with Crippen molar-refractivity contribution >= 4 is 23.0 Å². The van der Waals surface area contributed by atoms with E-state index in [0.717, 1.165) is 12.1 Å². The highest BCUT2D eigenvalue weighted by Gasteiger charge is 2.30. The minimum absolute atomic E-state index is 0.194. The minimum atomic E-state index is -4.41. The molecule has 0 aliphatic heterocycles. The number of hydrogen-bond acceptors (Lipinski definition) is 3. The molecule has 5 N–H and O–H groups in total. The van der Waals surface area contributed by atoms with Gasteiger partial charge in [-0.25, -0.2) is 0 Å². The number of anilines is 3. The van der Waals surface area contributed by atoms with Crippen molar-refractivity contribution in [3.63, 3.8) is 0 Å². The highest BCUT2D eigenvalue weighted by molar-refractivity contribution is 6.08. The summed E-state index contributed by atoms with van der Waals surface area (Å²) in [5.41, 5.74) is 11.4. The highest BCUT2D eigenvalue weighted by Crippen LogP contribution is 2.30. The third-order valence-electron chi connectivity index (χ3n) is 2.79. The van der Waals surface area contributed by atoms with E-state index in [1.807, 2.05) is 0 Å². The largest absolute Gasteiger partial charge is 0.416 e. The molecule has 0 aliphatic rings. The standard InChI is InChI=1S/C14H12F3N3O/c15-14(16,17)8-1-4-10(5-2-8)20-13(21)11-6-3-9(18)7-12(11)19/h1-7H,18-19H2,(H,20,21). The number of rotatable bonds is 2. The van der Waals surface area contributed by atoms with Gasteiger partial charge in [0.05, 0.1) is 11.1 Å². The zero-order valence-corrected chi connectivity index (χ0v) is 10.7. The molecule has 0 saturated heterocycles. The lowest BCUT2D eigenvalue weighted by Gasteiger charge is -2.10. The van der Waals surface area contributed by atoms with E-state index in [1.165, 1.54) is 30.3 Å². The topological polar surface area (TPSA) is 81.1 Å². The predicted octanol–water partition coefficient (Wildman–Crippen LogP) is 3.12. The molecule has 2 aromatic rings. The maximum absolute atomic E-state index is 12.4. The number of hydrogen-bond donors (Lipinski definition) is 3. The second kappa shape index (κ2) is 5.35. The Morgan fingerprint density at radius 3 is 2.14 bits per heavy atom. The van der Waals surface area contributed by atoms with Crippen molar-refractivity contribution in [3.8, 4) is 0 Å². The molecule has 0 bridgehead atoms. The molecule has 0 spiro atoms. The number of nitrogen functional groups attached to an aromatic ring is 2. The van der Waals surface area contributed by atoms with Gasteiger partial charge in [0.1, 0.15) is 0 Å². The van der Waals surface area contributed by atoms with E-state index in [0.29, 0.717) is 5.69 Å². The molecule has 4 nitrogen and oxygen atoms in total. The monoisotopic (exact) mass is 295 g/mol. The van der Waals surface area contributed by atoms with Gasteiger partial charge in [-0.3, -0.25) is 4.79 Å². The van der Waals surface area contributed by atoms with E-state index >= 15 is 0 Å². The summed E-state index contributed by atoms with van der Waals surface area (Å²) in [6, 6.07) is 8.52. The number of nitrogens with one attached hydrogen (secondary N) is 1. The summed E-state index contributed by atoms with van der Waals surface area (Å²) in [5.74, 6) is -0.521. The molecule has 0 unspecified atom stereocenters. The molecular formula is C14H12F3N3O. The van der Waals surface area contributed by atoms with Crippen LogP contribution in [0.3, 0.4) is 0 Å². The number of carbonyl (C=O) groups excluding carboxylic acids is 1. The molecular weight excluding hydrogens is 283 g/mol. The molecule has 0 saturated carbocycles. The zero-order chi connectivity index (χ0) is 15.6. The summed E-state index contributed by atoms with van der Waals surface area (Å²) in [7, 11) is 0. The molecule has 21 heavy (non-hydrogen) atoms. The fourth-order valence-electron chi connectivity index (χ4n) is 1.73. The molecule has 0 fully saturated rings. The summed E-state index contributed by atoms with van der Waals surface area (Å²) < 4.78 is 37.3. The molecule has 0 heterocycles. The van der Waals surface area contributed by atoms with Crippen molar-refractivity contribution in [1.29, 1.82) is 0 Å². The molecule has 1 amide bonds. The van der Waals surface area contributed by atoms with Crippen molar-refractivity contribution in [1.82, 2.24) is 0 Å². The van der Waals surface area contributed by atoms with Crippen LogP contribution >= 0.6 is 0 Å². The fourth-order valence-corrected chi connectivity index (χ4v) is 1.73. The van der Waals surface area contributed by atoms with Crippen LogP contribution in [0, 0.1) is 0 Å². The van der Waals surface area contributed by atoms with E-state index in [-0.39, 0.29) is 16.9 Å². The molecule has 2 rings (SSSR count). The first kappa shape index (κ1) is 14.7. The number of amides is 1. The Bertz CT molecular complexity index is 666. The normalized spacial score (nSPS) is 11.2. The van der Waals surface area contributed by atoms with Gasteiger partial charge in [-0.2, -0.15) is 13.2 Å². The average Bonchev–Trinajstić information content (AvgIpc) is 2.38. The van der Waals surface area contributed by atoms with Crippen LogP contribution in [-0.4, -0.2) is 5.91 Å². The van der Waals surface area contributed by atoms with Gasteiger partial charge in [-0.15, -0.1) is 0 Å². The van der Waals surface area contributed by atoms with Crippen molar-refractivity contribution in [3.05, 3.63) is 53.6 Å². The first-order valence-electron chi connectivity index (χ1n) is 5.91. The quantitative estimate of drug-likeness (QED) is 0.744. The van der Waals surface area contributed by atoms with Gasteiger partial charge in [0.15, 0.2) is 0 Å². The molecule has 2 aromatic carbocycles. The van der Waals surface area contributed by atoms with Crippen molar-refractivity contribution < 1.29 is 18.0 Å². The third-order valence-corrected chi connectivity index (χ3v) is 2.79. The molecule has 0 radical (unpaired) electrons. The third kappa shape index (κ3) is 3.44. The highest BCUT2D eigenvalue weighted by atomic mass is 19.4. The Balaban J connectivity index is 2.16. The Morgan fingerprint density at radius 2 is 1.62 bits per heavy atom. The molecule has 7 heteroatoms. The smallest absolute Gasteiger partial charge is 0.399 e.